The first-order chi connectivity index (χ1) is 13.3. The molecule has 3 rings (SSSR count). The molecule has 0 radical (unpaired) electrons. The summed E-state index contributed by atoms with van der Waals surface area (Å²) >= 11 is 0. The van der Waals surface area contributed by atoms with Crippen LogP contribution in [0.25, 0.3) is 0 Å². The van der Waals surface area contributed by atoms with Crippen molar-refractivity contribution in [3.8, 4) is 0 Å². The number of carbonyl (C=O) groups excluding carboxylic acids is 3. The topological polar surface area (TPSA) is 88.8 Å². The summed E-state index contributed by atoms with van der Waals surface area (Å²) in [6.45, 7) is 5.90. The Bertz CT molecular complexity index is 855. The molecule has 0 bridgehead atoms. The minimum absolute atomic E-state index is 0.0742. The fraction of sp³-hybridized carbons (Fsp3) is 0.381. The summed E-state index contributed by atoms with van der Waals surface area (Å²) in [5.74, 6) is -1.01. The number of furan rings is 1. The normalized spacial score (nSPS) is 17.5. The molecule has 7 nitrogen and oxygen atoms in total. The van der Waals surface area contributed by atoms with Gasteiger partial charge in [-0.2, -0.15) is 0 Å². The Hall–Kier alpha value is -3.09. The fourth-order valence-corrected chi connectivity index (χ4v) is 3.23. The number of likely N-dealkylation sites (tertiary alicyclic amines) is 1. The molecule has 0 saturated carbocycles. The van der Waals surface area contributed by atoms with Crippen LogP contribution >= 0.6 is 0 Å². The molecule has 0 spiro atoms. The number of nitrogens with one attached hydrogen (secondary N) is 1. The van der Waals surface area contributed by atoms with Crippen LogP contribution in [0, 0.1) is 19.8 Å². The predicted molar refractivity (Wildman–Crippen MR) is 102 cm³/mol. The molecule has 0 unspecified atom stereocenters. The van der Waals surface area contributed by atoms with Gasteiger partial charge in [-0.05, 0) is 44.0 Å². The highest BCUT2D eigenvalue weighted by Crippen LogP contribution is 2.23. The van der Waals surface area contributed by atoms with Crippen molar-refractivity contribution in [3.63, 3.8) is 0 Å². The number of anilines is 1. The molecule has 1 aromatic carbocycles. The molecule has 0 aliphatic carbocycles. The van der Waals surface area contributed by atoms with E-state index in [-0.39, 0.29) is 18.9 Å². The van der Waals surface area contributed by atoms with Gasteiger partial charge in [0.15, 0.2) is 6.10 Å². The summed E-state index contributed by atoms with van der Waals surface area (Å²) in [4.78, 5) is 38.6. The summed E-state index contributed by atoms with van der Waals surface area (Å²) in [5.41, 5.74) is 2.58. The minimum atomic E-state index is -0.958. The lowest BCUT2D eigenvalue weighted by atomic mass is 10.1. The maximum atomic E-state index is 12.4. The standard InChI is InChI=1S/C21H24N2O5/c1-13-6-4-7-14(2)19(13)22-20(25)15(3)28-21(26)16-10-18(24)23(11-16)12-17-8-5-9-27-17/h4-9,15-16H,10-12H2,1-3H3,(H,22,25)/t15-,16+/m0/s1. The lowest BCUT2D eigenvalue weighted by molar-refractivity contribution is -0.157. The first kappa shape index (κ1) is 19.7. The molecule has 7 heteroatoms. The second-order valence-corrected chi connectivity index (χ2v) is 7.09. The van der Waals surface area contributed by atoms with E-state index in [2.05, 4.69) is 5.32 Å². The number of aryl methyl sites for hydroxylation is 2. The maximum Gasteiger partial charge on any atom is 0.312 e. The number of hydrogen-bond donors (Lipinski definition) is 1. The third-order valence-corrected chi connectivity index (χ3v) is 4.87. The van der Waals surface area contributed by atoms with Gasteiger partial charge in [-0.15, -0.1) is 0 Å². The van der Waals surface area contributed by atoms with Gasteiger partial charge in [0.2, 0.25) is 5.91 Å². The average molecular weight is 384 g/mol. The highest BCUT2D eigenvalue weighted by atomic mass is 16.5. The van der Waals surface area contributed by atoms with E-state index in [1.165, 1.54) is 13.2 Å². The van der Waals surface area contributed by atoms with Crippen LogP contribution in [0.2, 0.25) is 0 Å². The third kappa shape index (κ3) is 4.42. The number of ether oxygens (including phenoxy) is 1. The Kier molecular flexibility index (Phi) is 5.82. The first-order valence-corrected chi connectivity index (χ1v) is 9.23. The van der Waals surface area contributed by atoms with Crippen LogP contribution < -0.4 is 5.32 Å². The number of esters is 1. The smallest absolute Gasteiger partial charge is 0.312 e. The number of nitrogens with zero attached hydrogens (tertiary/aromatic N) is 1. The first-order valence-electron chi connectivity index (χ1n) is 9.23. The van der Waals surface area contributed by atoms with Crippen LogP contribution in [-0.4, -0.2) is 35.3 Å². The summed E-state index contributed by atoms with van der Waals surface area (Å²) in [7, 11) is 0. The van der Waals surface area contributed by atoms with Gasteiger partial charge < -0.3 is 19.4 Å². The van der Waals surface area contributed by atoms with Gasteiger partial charge in [0.25, 0.3) is 5.91 Å². The largest absolute Gasteiger partial charge is 0.467 e. The van der Waals surface area contributed by atoms with E-state index in [0.29, 0.717) is 12.3 Å². The average Bonchev–Trinajstić information content (AvgIpc) is 3.28. The van der Waals surface area contributed by atoms with Crippen LogP contribution in [0.5, 0.6) is 0 Å². The molecule has 2 atom stereocenters. The van der Waals surface area contributed by atoms with Gasteiger partial charge in [-0.1, -0.05) is 18.2 Å². The molecule has 2 amide bonds. The molecule has 1 aromatic heterocycles. The highest BCUT2D eigenvalue weighted by Gasteiger charge is 2.37. The number of amides is 2. The van der Waals surface area contributed by atoms with Crippen LogP contribution in [0.4, 0.5) is 5.69 Å². The van der Waals surface area contributed by atoms with E-state index in [1.54, 1.807) is 17.0 Å². The molecule has 2 aromatic rings. The quantitative estimate of drug-likeness (QED) is 0.774. The number of carbonyl (C=O) groups is 3. The Labute approximate surface area is 163 Å². The van der Waals surface area contributed by atoms with Crippen molar-refractivity contribution in [2.75, 3.05) is 11.9 Å². The highest BCUT2D eigenvalue weighted by molar-refractivity contribution is 5.96. The van der Waals surface area contributed by atoms with Gasteiger partial charge in [0, 0.05) is 18.7 Å². The minimum Gasteiger partial charge on any atom is -0.467 e. The zero-order valence-electron chi connectivity index (χ0n) is 16.2. The van der Waals surface area contributed by atoms with E-state index in [4.69, 9.17) is 9.15 Å². The second-order valence-electron chi connectivity index (χ2n) is 7.09. The monoisotopic (exact) mass is 384 g/mol. The van der Waals surface area contributed by atoms with Crippen molar-refractivity contribution in [2.45, 2.75) is 39.8 Å². The predicted octanol–water partition coefficient (Wildman–Crippen LogP) is 2.82. The van der Waals surface area contributed by atoms with Crippen LogP contribution in [0.1, 0.15) is 30.2 Å². The lowest BCUT2D eigenvalue weighted by Gasteiger charge is -2.18. The molecule has 1 aliphatic heterocycles. The van der Waals surface area contributed by atoms with E-state index in [0.717, 1.165) is 16.8 Å². The number of benzene rings is 1. The van der Waals surface area contributed by atoms with E-state index < -0.39 is 23.9 Å². The maximum absolute atomic E-state index is 12.4. The van der Waals surface area contributed by atoms with Gasteiger partial charge in [-0.3, -0.25) is 14.4 Å². The van der Waals surface area contributed by atoms with Crippen molar-refractivity contribution in [1.29, 1.82) is 0 Å². The van der Waals surface area contributed by atoms with Crippen LogP contribution in [0.3, 0.4) is 0 Å². The summed E-state index contributed by atoms with van der Waals surface area (Å²) in [6, 6.07) is 9.24. The molecule has 1 saturated heterocycles. The summed E-state index contributed by atoms with van der Waals surface area (Å²) in [6.07, 6.45) is 0.656. The van der Waals surface area contributed by atoms with Crippen molar-refractivity contribution < 1.29 is 23.5 Å². The Morgan fingerprint density at radius 2 is 1.96 bits per heavy atom. The molecule has 1 aliphatic rings. The Balaban J connectivity index is 1.55. The SMILES string of the molecule is Cc1cccc(C)c1NC(=O)[C@H](C)OC(=O)[C@@H]1CC(=O)N(Cc2ccco2)C1. The van der Waals surface area contributed by atoms with Crippen LogP contribution in [0.15, 0.2) is 41.0 Å². The van der Waals surface area contributed by atoms with E-state index in [1.807, 2.05) is 32.0 Å². The molecule has 28 heavy (non-hydrogen) atoms. The van der Waals surface area contributed by atoms with Crippen molar-refractivity contribution in [1.82, 2.24) is 4.90 Å². The third-order valence-electron chi connectivity index (χ3n) is 4.87. The zero-order chi connectivity index (χ0) is 20.3. The number of hydrogen-bond acceptors (Lipinski definition) is 5. The van der Waals surface area contributed by atoms with Crippen molar-refractivity contribution >= 4 is 23.5 Å². The molecule has 148 valence electrons. The molecular weight excluding hydrogens is 360 g/mol. The van der Waals surface area contributed by atoms with E-state index >= 15 is 0 Å². The zero-order valence-corrected chi connectivity index (χ0v) is 16.2. The molecule has 1 N–H and O–H groups in total. The molecule has 2 heterocycles. The van der Waals surface area contributed by atoms with Gasteiger partial charge in [-0.25, -0.2) is 0 Å². The van der Waals surface area contributed by atoms with Crippen LogP contribution in [-0.2, 0) is 25.7 Å². The van der Waals surface area contributed by atoms with Crippen molar-refractivity contribution in [3.05, 3.63) is 53.5 Å². The van der Waals surface area contributed by atoms with Gasteiger partial charge in [0.05, 0.1) is 18.7 Å². The Morgan fingerprint density at radius 3 is 2.61 bits per heavy atom. The second kappa shape index (κ2) is 8.29. The van der Waals surface area contributed by atoms with Gasteiger partial charge in [0.1, 0.15) is 5.76 Å². The Morgan fingerprint density at radius 1 is 1.25 bits per heavy atom. The summed E-state index contributed by atoms with van der Waals surface area (Å²) in [5, 5.41) is 2.82. The molecular formula is C21H24N2O5. The number of para-hydroxylation sites is 1. The van der Waals surface area contributed by atoms with Crippen molar-refractivity contribution in [2.24, 2.45) is 5.92 Å². The summed E-state index contributed by atoms with van der Waals surface area (Å²) < 4.78 is 10.6. The fourth-order valence-electron chi connectivity index (χ4n) is 3.23. The molecule has 1 fully saturated rings. The van der Waals surface area contributed by atoms with E-state index in [9.17, 15) is 14.4 Å². The number of rotatable bonds is 6. The van der Waals surface area contributed by atoms with Gasteiger partial charge >= 0.3 is 5.97 Å². The lowest BCUT2D eigenvalue weighted by Crippen LogP contribution is -2.33.